The Morgan fingerprint density at radius 1 is 1.42 bits per heavy atom. The first-order chi connectivity index (χ1) is 11.6. The first-order valence-corrected chi connectivity index (χ1v) is 9.20. The topological polar surface area (TPSA) is 59.6 Å². The fraction of sp³-hybridized carbons (Fsp3) is 0.375. The fourth-order valence-corrected chi connectivity index (χ4v) is 3.48. The van der Waals surface area contributed by atoms with Gasteiger partial charge in [-0.15, -0.1) is 11.8 Å². The zero-order chi connectivity index (χ0) is 17.1. The Morgan fingerprint density at radius 3 is 2.88 bits per heavy atom. The van der Waals surface area contributed by atoms with Crippen LogP contribution in [0.2, 0.25) is 0 Å². The third-order valence-corrected chi connectivity index (χ3v) is 4.95. The minimum absolute atomic E-state index is 0.0959. The Labute approximate surface area is 149 Å². The number of thioether (sulfide) groups is 1. The van der Waals surface area contributed by atoms with Gasteiger partial charge in [-0.3, -0.25) is 5.32 Å². The van der Waals surface area contributed by atoms with Crippen LogP contribution in [-0.4, -0.2) is 36.0 Å². The molecule has 8 heteroatoms. The highest BCUT2D eigenvalue weighted by atomic mass is 35.5. The third-order valence-electron chi connectivity index (χ3n) is 3.96. The van der Waals surface area contributed by atoms with Gasteiger partial charge in [0, 0.05) is 18.2 Å². The van der Waals surface area contributed by atoms with E-state index in [0.717, 1.165) is 16.2 Å². The number of hydroxylamine groups is 2. The summed E-state index contributed by atoms with van der Waals surface area (Å²) in [7, 11) is 0. The third kappa shape index (κ3) is 3.80. The number of ether oxygens (including phenoxy) is 1. The smallest absolute Gasteiger partial charge is 0.191 e. The standard InChI is InChI=1S/C16H18ClFN3O2S/c1-24-15-7-14(17)21(22)13(6-10-2-4-11(18)5-3-10)12-8-19-9-20-16(12)23-15/h2-5,7,13,15,19-20H,6,8-9H2,1H3/q-1/b14-7-. The Kier molecular flexibility index (Phi) is 5.55. The van der Waals surface area contributed by atoms with Gasteiger partial charge in [0.15, 0.2) is 11.3 Å². The van der Waals surface area contributed by atoms with Crippen LogP contribution < -0.4 is 10.6 Å². The van der Waals surface area contributed by atoms with Gasteiger partial charge in [-0.1, -0.05) is 23.7 Å². The van der Waals surface area contributed by atoms with Gasteiger partial charge in [0.1, 0.15) is 5.82 Å². The molecule has 2 aliphatic rings. The maximum Gasteiger partial charge on any atom is 0.191 e. The van der Waals surface area contributed by atoms with E-state index >= 15 is 0 Å². The number of benzene rings is 1. The molecule has 2 heterocycles. The van der Waals surface area contributed by atoms with E-state index in [0.29, 0.717) is 25.5 Å². The summed E-state index contributed by atoms with van der Waals surface area (Å²) in [6, 6.07) is 5.59. The van der Waals surface area contributed by atoms with Crippen LogP contribution in [0.1, 0.15) is 5.56 Å². The van der Waals surface area contributed by atoms with E-state index in [1.807, 2.05) is 6.26 Å². The van der Waals surface area contributed by atoms with Crippen LogP contribution in [0, 0.1) is 11.0 Å². The van der Waals surface area contributed by atoms with Gasteiger partial charge in [-0.05, 0) is 30.4 Å². The van der Waals surface area contributed by atoms with Crippen molar-refractivity contribution in [3.63, 3.8) is 0 Å². The number of hydrogen-bond donors (Lipinski definition) is 2. The average Bonchev–Trinajstić information content (AvgIpc) is 2.59. The normalized spacial score (nSPS) is 26.5. The largest absolute Gasteiger partial charge is 0.757 e. The van der Waals surface area contributed by atoms with Crippen LogP contribution in [0.5, 0.6) is 0 Å². The van der Waals surface area contributed by atoms with Crippen molar-refractivity contribution in [2.24, 2.45) is 0 Å². The molecule has 0 aliphatic carbocycles. The predicted octanol–water partition coefficient (Wildman–Crippen LogP) is 2.70. The van der Waals surface area contributed by atoms with Crippen molar-refractivity contribution in [3.05, 3.63) is 63.5 Å². The lowest BCUT2D eigenvalue weighted by molar-refractivity contribution is 0.171. The molecule has 0 radical (unpaired) electrons. The molecular formula is C16H18ClFN3O2S-. The first-order valence-electron chi connectivity index (χ1n) is 7.53. The van der Waals surface area contributed by atoms with Crippen molar-refractivity contribution in [1.29, 1.82) is 0 Å². The van der Waals surface area contributed by atoms with Gasteiger partial charge in [0.05, 0.1) is 17.9 Å². The molecule has 3 rings (SSSR count). The lowest BCUT2D eigenvalue weighted by Gasteiger charge is -2.43. The molecule has 0 saturated carbocycles. The summed E-state index contributed by atoms with van der Waals surface area (Å²) in [5.74, 6) is 0.307. The number of halogens is 2. The van der Waals surface area contributed by atoms with E-state index in [2.05, 4.69) is 10.6 Å². The first kappa shape index (κ1) is 17.4. The van der Waals surface area contributed by atoms with Crippen molar-refractivity contribution < 1.29 is 9.13 Å². The van der Waals surface area contributed by atoms with Crippen molar-refractivity contribution in [2.45, 2.75) is 17.9 Å². The fourth-order valence-electron chi connectivity index (χ4n) is 2.71. The monoisotopic (exact) mass is 370 g/mol. The van der Waals surface area contributed by atoms with E-state index in [1.165, 1.54) is 23.9 Å². The van der Waals surface area contributed by atoms with Gasteiger partial charge in [0.2, 0.25) is 0 Å². The lowest BCUT2D eigenvalue weighted by Crippen LogP contribution is -2.46. The molecule has 2 atom stereocenters. The second-order valence-electron chi connectivity index (χ2n) is 5.52. The molecule has 2 N–H and O–H groups in total. The summed E-state index contributed by atoms with van der Waals surface area (Å²) >= 11 is 7.64. The van der Waals surface area contributed by atoms with Gasteiger partial charge in [-0.25, -0.2) is 4.39 Å². The molecule has 1 aromatic rings. The number of nitrogens with zero attached hydrogens (tertiary/aromatic N) is 1. The second kappa shape index (κ2) is 7.65. The lowest BCUT2D eigenvalue weighted by atomic mass is 9.97. The van der Waals surface area contributed by atoms with Crippen LogP contribution in [-0.2, 0) is 11.2 Å². The molecule has 0 amide bonds. The molecule has 0 saturated heterocycles. The van der Waals surface area contributed by atoms with E-state index in [1.54, 1.807) is 18.2 Å². The molecule has 5 nitrogen and oxygen atoms in total. The molecule has 0 bridgehead atoms. The van der Waals surface area contributed by atoms with Gasteiger partial charge >= 0.3 is 0 Å². The van der Waals surface area contributed by atoms with Crippen molar-refractivity contribution in [2.75, 3.05) is 19.5 Å². The summed E-state index contributed by atoms with van der Waals surface area (Å²) in [6.07, 6.45) is 3.90. The summed E-state index contributed by atoms with van der Waals surface area (Å²) in [4.78, 5) is 0. The van der Waals surface area contributed by atoms with Crippen LogP contribution in [0.25, 0.3) is 0 Å². The second-order valence-corrected chi connectivity index (χ2v) is 6.84. The number of hydrogen-bond acceptors (Lipinski definition) is 6. The predicted molar refractivity (Wildman–Crippen MR) is 94.5 cm³/mol. The highest BCUT2D eigenvalue weighted by Crippen LogP contribution is 2.30. The highest BCUT2D eigenvalue weighted by Gasteiger charge is 2.28. The van der Waals surface area contributed by atoms with E-state index in [4.69, 9.17) is 16.3 Å². The average molecular weight is 371 g/mol. The summed E-state index contributed by atoms with van der Waals surface area (Å²) in [5, 5.41) is 20.0. The quantitative estimate of drug-likeness (QED) is 0.798. The van der Waals surface area contributed by atoms with Crippen molar-refractivity contribution in [3.8, 4) is 0 Å². The Hall–Kier alpha value is -1.41. The molecule has 130 valence electrons. The van der Waals surface area contributed by atoms with E-state index < -0.39 is 6.04 Å². The van der Waals surface area contributed by atoms with Gasteiger partial charge in [-0.2, -0.15) is 0 Å². The molecule has 2 aliphatic heterocycles. The van der Waals surface area contributed by atoms with E-state index in [-0.39, 0.29) is 16.4 Å². The Balaban J connectivity index is 1.95. The highest BCUT2D eigenvalue weighted by molar-refractivity contribution is 7.99. The van der Waals surface area contributed by atoms with E-state index in [9.17, 15) is 9.60 Å². The van der Waals surface area contributed by atoms with Crippen molar-refractivity contribution in [1.82, 2.24) is 15.7 Å². The molecule has 0 spiro atoms. The maximum absolute atomic E-state index is 13.1. The summed E-state index contributed by atoms with van der Waals surface area (Å²) in [5.41, 5.74) is 1.33. The molecule has 24 heavy (non-hydrogen) atoms. The SMILES string of the molecule is CSC1/C=C(/Cl)N([O-])C(Cc2ccc(F)cc2)C2=C(NCNC2)O1. The minimum atomic E-state index is -0.530. The van der Waals surface area contributed by atoms with Gasteiger partial charge in [0.25, 0.3) is 0 Å². The van der Waals surface area contributed by atoms with Crippen LogP contribution in [0.3, 0.4) is 0 Å². The zero-order valence-corrected chi connectivity index (χ0v) is 14.7. The maximum atomic E-state index is 13.1. The number of nitrogens with one attached hydrogen (secondary N) is 2. The zero-order valence-electron chi connectivity index (χ0n) is 13.1. The molecule has 0 aromatic heterocycles. The summed E-state index contributed by atoms with van der Waals surface area (Å²) < 4.78 is 19.1. The summed E-state index contributed by atoms with van der Waals surface area (Å²) in [6.45, 7) is 1.09. The molecule has 2 unspecified atom stereocenters. The van der Waals surface area contributed by atoms with Crippen LogP contribution in [0.15, 0.2) is 47.0 Å². The van der Waals surface area contributed by atoms with Crippen molar-refractivity contribution >= 4 is 23.4 Å². The van der Waals surface area contributed by atoms with Crippen LogP contribution >= 0.6 is 23.4 Å². The van der Waals surface area contributed by atoms with Crippen LogP contribution in [0.4, 0.5) is 4.39 Å². The molecular weight excluding hydrogens is 353 g/mol. The molecule has 0 fully saturated rings. The molecule has 1 aromatic carbocycles. The van der Waals surface area contributed by atoms with Gasteiger partial charge < -0.3 is 20.3 Å². The Morgan fingerprint density at radius 2 is 2.17 bits per heavy atom. The number of rotatable bonds is 3. The minimum Gasteiger partial charge on any atom is -0.757 e. The Bertz CT molecular complexity index is 653.